The lowest BCUT2D eigenvalue weighted by Gasteiger charge is -2.18. The van der Waals surface area contributed by atoms with Crippen LogP contribution in [0.25, 0.3) is 0 Å². The monoisotopic (exact) mass is 142 g/mol. The van der Waals surface area contributed by atoms with Gasteiger partial charge in [-0.2, -0.15) is 0 Å². The molecular weight excluding hydrogens is 132 g/mol. The predicted octanol–water partition coefficient (Wildman–Crippen LogP) is 0.671. The lowest BCUT2D eigenvalue weighted by atomic mass is 10.00. The minimum Gasteiger partial charge on any atom is -0.459 e. The molecule has 1 saturated heterocycles. The maximum atomic E-state index is 10.6. The first-order valence-electron chi connectivity index (χ1n) is 3.32. The fraction of sp³-hybridized carbons (Fsp3) is 0.714. The molecule has 0 aliphatic carbocycles. The summed E-state index contributed by atoms with van der Waals surface area (Å²) in [5.74, 6) is -0.190. The molecule has 0 amide bonds. The standard InChI is InChI=1S/C7H10O3/c1-7(4-5-8)3-2-6(9)10-7/h5H,2-4H2,1H3/t7-/m1/s1. The molecule has 0 spiro atoms. The molecule has 3 nitrogen and oxygen atoms in total. The molecular formula is C7H10O3. The molecule has 3 heteroatoms. The fourth-order valence-corrected chi connectivity index (χ4v) is 1.06. The molecule has 0 unspecified atom stereocenters. The van der Waals surface area contributed by atoms with Crippen molar-refractivity contribution in [3.63, 3.8) is 0 Å². The van der Waals surface area contributed by atoms with Crippen molar-refractivity contribution >= 4 is 12.3 Å². The third-order valence-electron chi connectivity index (χ3n) is 1.73. The second kappa shape index (κ2) is 2.40. The van der Waals surface area contributed by atoms with Gasteiger partial charge in [0, 0.05) is 12.8 Å². The van der Waals surface area contributed by atoms with Crippen LogP contribution in [0.2, 0.25) is 0 Å². The molecule has 0 aromatic heterocycles. The zero-order valence-electron chi connectivity index (χ0n) is 5.92. The summed E-state index contributed by atoms with van der Waals surface area (Å²) in [6, 6.07) is 0. The Hall–Kier alpha value is -0.860. The van der Waals surface area contributed by atoms with Crippen LogP contribution < -0.4 is 0 Å². The zero-order chi connectivity index (χ0) is 7.61. The lowest BCUT2D eigenvalue weighted by Crippen LogP contribution is -2.23. The molecule has 1 fully saturated rings. The molecule has 0 aromatic carbocycles. The summed E-state index contributed by atoms with van der Waals surface area (Å²) < 4.78 is 4.92. The van der Waals surface area contributed by atoms with E-state index in [0.717, 1.165) is 6.29 Å². The lowest BCUT2D eigenvalue weighted by molar-refractivity contribution is -0.147. The number of rotatable bonds is 2. The van der Waals surface area contributed by atoms with Gasteiger partial charge in [0.25, 0.3) is 0 Å². The van der Waals surface area contributed by atoms with Crippen LogP contribution in [0.3, 0.4) is 0 Å². The molecule has 1 aliphatic heterocycles. The highest BCUT2D eigenvalue weighted by atomic mass is 16.6. The van der Waals surface area contributed by atoms with Crippen LogP contribution in [0.5, 0.6) is 0 Å². The van der Waals surface area contributed by atoms with Crippen molar-refractivity contribution in [2.24, 2.45) is 0 Å². The Labute approximate surface area is 59.4 Å². The second-order valence-electron chi connectivity index (χ2n) is 2.79. The van der Waals surface area contributed by atoms with Gasteiger partial charge in [-0.1, -0.05) is 0 Å². The van der Waals surface area contributed by atoms with E-state index in [1.54, 1.807) is 6.92 Å². The third kappa shape index (κ3) is 1.35. The van der Waals surface area contributed by atoms with Gasteiger partial charge in [0.2, 0.25) is 0 Å². The minimum absolute atomic E-state index is 0.190. The van der Waals surface area contributed by atoms with E-state index in [-0.39, 0.29) is 5.97 Å². The van der Waals surface area contributed by atoms with Crippen LogP contribution in [0.15, 0.2) is 0 Å². The van der Waals surface area contributed by atoms with Crippen molar-refractivity contribution in [2.45, 2.75) is 31.8 Å². The number of aldehydes is 1. The molecule has 1 atom stereocenters. The van der Waals surface area contributed by atoms with Crippen molar-refractivity contribution < 1.29 is 14.3 Å². The smallest absolute Gasteiger partial charge is 0.306 e. The van der Waals surface area contributed by atoms with Gasteiger partial charge >= 0.3 is 5.97 Å². The number of carbonyl (C=O) groups is 2. The number of ether oxygens (including phenoxy) is 1. The quantitative estimate of drug-likeness (QED) is 0.420. The summed E-state index contributed by atoms with van der Waals surface area (Å²) in [6.45, 7) is 1.78. The van der Waals surface area contributed by atoms with Crippen LogP contribution in [-0.2, 0) is 14.3 Å². The first-order chi connectivity index (χ1) is 4.66. The third-order valence-corrected chi connectivity index (χ3v) is 1.73. The summed E-state index contributed by atoms with van der Waals surface area (Å²) in [7, 11) is 0. The van der Waals surface area contributed by atoms with Crippen molar-refractivity contribution in [1.29, 1.82) is 0 Å². The minimum atomic E-state index is -0.501. The molecule has 0 N–H and O–H groups in total. The highest BCUT2D eigenvalue weighted by Crippen LogP contribution is 2.28. The summed E-state index contributed by atoms with van der Waals surface area (Å²) in [5.41, 5.74) is -0.501. The van der Waals surface area contributed by atoms with Gasteiger partial charge in [-0.05, 0) is 13.3 Å². The van der Waals surface area contributed by atoms with E-state index in [1.165, 1.54) is 0 Å². The van der Waals surface area contributed by atoms with Crippen LogP contribution in [0.1, 0.15) is 26.2 Å². The Morgan fingerprint density at radius 1 is 1.80 bits per heavy atom. The van der Waals surface area contributed by atoms with Crippen molar-refractivity contribution in [1.82, 2.24) is 0 Å². The fourth-order valence-electron chi connectivity index (χ4n) is 1.06. The average Bonchev–Trinajstić information content (AvgIpc) is 2.12. The van der Waals surface area contributed by atoms with Gasteiger partial charge in [-0.3, -0.25) is 4.79 Å². The van der Waals surface area contributed by atoms with E-state index < -0.39 is 5.60 Å². The van der Waals surface area contributed by atoms with Gasteiger partial charge in [-0.15, -0.1) is 0 Å². The summed E-state index contributed by atoms with van der Waals surface area (Å²) in [5, 5.41) is 0. The Balaban J connectivity index is 2.53. The topological polar surface area (TPSA) is 43.4 Å². The molecule has 0 radical (unpaired) electrons. The summed E-state index contributed by atoms with van der Waals surface area (Å²) >= 11 is 0. The number of carbonyl (C=O) groups excluding carboxylic acids is 2. The van der Waals surface area contributed by atoms with Gasteiger partial charge in [0.05, 0.1) is 0 Å². The SMILES string of the molecule is C[C@]1(CC=O)CCC(=O)O1. The maximum absolute atomic E-state index is 10.6. The van der Waals surface area contributed by atoms with E-state index >= 15 is 0 Å². The van der Waals surface area contributed by atoms with Gasteiger partial charge < -0.3 is 9.53 Å². The number of hydrogen-bond acceptors (Lipinski definition) is 3. The molecule has 56 valence electrons. The van der Waals surface area contributed by atoms with Crippen LogP contribution in [-0.4, -0.2) is 17.9 Å². The van der Waals surface area contributed by atoms with Crippen molar-refractivity contribution in [2.75, 3.05) is 0 Å². The van der Waals surface area contributed by atoms with Gasteiger partial charge in [0.1, 0.15) is 11.9 Å². The largest absolute Gasteiger partial charge is 0.459 e. The maximum Gasteiger partial charge on any atom is 0.306 e. The Kier molecular flexibility index (Phi) is 1.74. The van der Waals surface area contributed by atoms with Crippen molar-refractivity contribution in [3.05, 3.63) is 0 Å². The summed E-state index contributed by atoms with van der Waals surface area (Å²) in [4.78, 5) is 20.7. The van der Waals surface area contributed by atoms with Crippen molar-refractivity contribution in [3.8, 4) is 0 Å². The molecule has 10 heavy (non-hydrogen) atoms. The number of cyclic esters (lactones) is 1. The summed E-state index contributed by atoms with van der Waals surface area (Å²) in [6.07, 6.45) is 2.23. The van der Waals surface area contributed by atoms with E-state index in [1.807, 2.05) is 0 Å². The van der Waals surface area contributed by atoms with Crippen LogP contribution >= 0.6 is 0 Å². The first-order valence-corrected chi connectivity index (χ1v) is 3.32. The second-order valence-corrected chi connectivity index (χ2v) is 2.79. The molecule has 0 saturated carbocycles. The molecule has 0 bridgehead atoms. The number of hydrogen-bond donors (Lipinski definition) is 0. The highest BCUT2D eigenvalue weighted by Gasteiger charge is 2.34. The van der Waals surface area contributed by atoms with E-state index in [4.69, 9.17) is 4.74 Å². The van der Waals surface area contributed by atoms with Crippen LogP contribution in [0.4, 0.5) is 0 Å². The normalized spacial score (nSPS) is 31.9. The first kappa shape index (κ1) is 7.25. The molecule has 1 heterocycles. The Morgan fingerprint density at radius 3 is 2.90 bits per heavy atom. The number of esters is 1. The zero-order valence-corrected chi connectivity index (χ0v) is 5.92. The van der Waals surface area contributed by atoms with E-state index in [2.05, 4.69) is 0 Å². The Bertz CT molecular complexity index is 164. The van der Waals surface area contributed by atoms with Gasteiger partial charge in [0.15, 0.2) is 0 Å². The molecule has 1 rings (SSSR count). The highest BCUT2D eigenvalue weighted by molar-refractivity contribution is 5.73. The van der Waals surface area contributed by atoms with Crippen LogP contribution in [0, 0.1) is 0 Å². The Morgan fingerprint density at radius 2 is 2.50 bits per heavy atom. The average molecular weight is 142 g/mol. The van der Waals surface area contributed by atoms with E-state index in [9.17, 15) is 9.59 Å². The molecule has 0 aromatic rings. The van der Waals surface area contributed by atoms with E-state index in [0.29, 0.717) is 19.3 Å². The predicted molar refractivity (Wildman–Crippen MR) is 34.4 cm³/mol. The molecule has 1 aliphatic rings. The van der Waals surface area contributed by atoms with Gasteiger partial charge in [-0.25, -0.2) is 0 Å².